The van der Waals surface area contributed by atoms with Gasteiger partial charge in [-0.1, -0.05) is 19.1 Å². The van der Waals surface area contributed by atoms with Crippen molar-refractivity contribution < 1.29 is 46.8 Å². The molecule has 7 saturated heterocycles. The van der Waals surface area contributed by atoms with E-state index in [4.69, 9.17) is 38.6 Å². The molecule has 3 amide bonds. The Bertz CT molecular complexity index is 3660. The van der Waals surface area contributed by atoms with Crippen LogP contribution >= 0.6 is 0 Å². The van der Waals surface area contributed by atoms with Gasteiger partial charge in [0.1, 0.15) is 47.9 Å². The number of piperidine rings is 3. The number of nitrogens with zero attached hydrogens (tertiary/aromatic N) is 9. The predicted octanol–water partition coefficient (Wildman–Crippen LogP) is 8.16. The second kappa shape index (κ2) is 21.6. The fourth-order valence-corrected chi connectivity index (χ4v) is 16.1. The number of ether oxygens (including phenoxy) is 5. The molecular formula is C63H74F2N10O9. The number of rotatable bonds is 15. The molecule has 8 fully saturated rings. The molecule has 10 heterocycles. The third-order valence-corrected chi connectivity index (χ3v) is 20.4. The average Bonchev–Trinajstić information content (AvgIpc) is 2.13. The van der Waals surface area contributed by atoms with Gasteiger partial charge >= 0.3 is 17.8 Å². The molecule has 6 aromatic rings. The number of hydrogen-bond donors (Lipinski definition) is 1. The van der Waals surface area contributed by atoms with Gasteiger partial charge in [0.2, 0.25) is 11.8 Å². The van der Waals surface area contributed by atoms with E-state index in [9.17, 15) is 19.2 Å². The van der Waals surface area contributed by atoms with Crippen LogP contribution in [0.3, 0.4) is 0 Å². The van der Waals surface area contributed by atoms with Crippen LogP contribution in [0.2, 0.25) is 0 Å². The minimum absolute atomic E-state index is 0.0135. The van der Waals surface area contributed by atoms with Gasteiger partial charge in [0.15, 0.2) is 12.6 Å². The van der Waals surface area contributed by atoms with Crippen molar-refractivity contribution in [2.45, 2.75) is 126 Å². The Labute approximate surface area is 485 Å². The number of fused-ring (bicyclic) bond motifs is 4. The molecule has 8 aliphatic rings. The van der Waals surface area contributed by atoms with E-state index in [-0.39, 0.29) is 83.1 Å². The second-order valence-corrected chi connectivity index (χ2v) is 25.5. The van der Waals surface area contributed by atoms with Gasteiger partial charge in [0.25, 0.3) is 0 Å². The zero-order chi connectivity index (χ0) is 57.6. The van der Waals surface area contributed by atoms with Crippen LogP contribution in [0.1, 0.15) is 113 Å². The van der Waals surface area contributed by atoms with Crippen LogP contribution in [-0.4, -0.2) is 160 Å². The van der Waals surface area contributed by atoms with Crippen molar-refractivity contribution in [2.75, 3.05) is 91.0 Å². The highest BCUT2D eigenvalue weighted by atomic mass is 19.1. The number of anilines is 1. The normalized spacial score (nSPS) is 25.6. The minimum Gasteiger partial charge on any atom is -0.468 e. The number of hydrogen-bond acceptors (Lipinski definition) is 15. The van der Waals surface area contributed by atoms with E-state index in [0.717, 1.165) is 115 Å². The maximum Gasteiger partial charge on any atom is 0.409 e. The number of pyridine rings is 1. The molecule has 7 aliphatic heterocycles. The molecule has 0 bridgehead atoms. The number of nitrogens with one attached hydrogen (secondary N) is 1. The van der Waals surface area contributed by atoms with Crippen molar-refractivity contribution in [1.29, 1.82) is 0 Å². The number of likely N-dealkylation sites (tertiary alicyclic amines) is 2. The number of imide groups is 1. The van der Waals surface area contributed by atoms with E-state index in [0.29, 0.717) is 95.4 Å². The van der Waals surface area contributed by atoms with Crippen LogP contribution in [0.5, 0.6) is 11.8 Å². The topological polar surface area (TPSA) is 188 Å². The first-order valence-corrected chi connectivity index (χ1v) is 30.4. The Balaban J connectivity index is 0.599. The lowest BCUT2D eigenvalue weighted by Gasteiger charge is -2.59. The zero-order valence-corrected chi connectivity index (χ0v) is 48.3. The highest BCUT2D eigenvalue weighted by Crippen LogP contribution is 2.53. The number of carbonyl (C=O) groups excluding carboxylic acids is 3. The molecule has 444 valence electrons. The van der Waals surface area contributed by atoms with Gasteiger partial charge in [-0.3, -0.25) is 33.9 Å². The van der Waals surface area contributed by atoms with Gasteiger partial charge in [-0.05, 0) is 161 Å². The number of aromatic nitrogens is 5. The molecule has 1 aliphatic carbocycles. The Kier molecular flexibility index (Phi) is 14.2. The van der Waals surface area contributed by atoms with E-state index in [1.165, 1.54) is 18.7 Å². The summed E-state index contributed by atoms with van der Waals surface area (Å²) in [5.74, 6) is 0.165. The Morgan fingerprint density at radius 2 is 1.71 bits per heavy atom. The molecular weight excluding hydrogens is 1080 g/mol. The lowest BCUT2D eigenvalue weighted by molar-refractivity contribution is -0.151. The second-order valence-electron chi connectivity index (χ2n) is 25.5. The molecule has 4 atom stereocenters. The van der Waals surface area contributed by atoms with E-state index in [2.05, 4.69) is 32.1 Å². The maximum atomic E-state index is 17.6. The molecule has 3 aromatic heterocycles. The largest absolute Gasteiger partial charge is 0.468 e. The predicted molar refractivity (Wildman–Crippen MR) is 309 cm³/mol. The van der Waals surface area contributed by atoms with Crippen LogP contribution in [0.15, 0.2) is 53.5 Å². The van der Waals surface area contributed by atoms with Gasteiger partial charge < -0.3 is 38.4 Å². The summed E-state index contributed by atoms with van der Waals surface area (Å²) in [6.45, 7) is 9.82. The summed E-state index contributed by atoms with van der Waals surface area (Å²) >= 11 is 0. The highest BCUT2D eigenvalue weighted by Gasteiger charge is 2.55. The highest BCUT2D eigenvalue weighted by molar-refractivity contribution is 6.02. The number of methoxy groups -OCH3 is 1. The molecule has 84 heavy (non-hydrogen) atoms. The molecule has 19 nitrogen and oxygen atoms in total. The summed E-state index contributed by atoms with van der Waals surface area (Å²) in [4.78, 5) is 75.1. The summed E-state index contributed by atoms with van der Waals surface area (Å²) in [5.41, 5.74) is 2.95. The van der Waals surface area contributed by atoms with E-state index >= 15 is 8.78 Å². The first-order chi connectivity index (χ1) is 40.7. The van der Waals surface area contributed by atoms with Crippen LogP contribution < -0.4 is 25.4 Å². The number of carbonyl (C=O) groups is 3. The third-order valence-electron chi connectivity index (χ3n) is 20.4. The van der Waals surface area contributed by atoms with E-state index in [1.807, 2.05) is 17.9 Å². The monoisotopic (exact) mass is 1150 g/mol. The third kappa shape index (κ3) is 9.64. The molecule has 2 spiro atoms. The molecule has 1 saturated carbocycles. The average molecular weight is 1150 g/mol. The molecule has 1 N–H and O–H groups in total. The van der Waals surface area contributed by atoms with Crippen LogP contribution in [-0.2, 0) is 37.3 Å². The van der Waals surface area contributed by atoms with Gasteiger partial charge in [0.05, 0.1) is 34.2 Å². The van der Waals surface area contributed by atoms with E-state index in [1.54, 1.807) is 40.6 Å². The Hall–Kier alpha value is -6.81. The standard InChI is InChI=1S/C63H74F2N10O9/c1-4-44-47(64)9-7-41-25-43(83-37-80-3)27-45(52(41)44)54-53(65)55-46(30-66-54)56(72-20-6-17-63(35-72)19-24-84-63)69-58(68-55)82-36-62-16-5-21-74(62)42(13-18-62)32-81-60(79)73-33-61(34-73)28-38(29-61)31-71-22-14-39(15-23-71)40-8-10-48-50(26-40)70(2)59(78)75(48)49-11-12-51(76)67-57(49)77/h7-10,25-27,30,38-39,42,49H,4-6,11-24,28-29,31-37H2,1-3H3,(H,67,76,77)/t42-,49?,62-,63+/m0/s1. The van der Waals surface area contributed by atoms with Gasteiger partial charge in [0, 0.05) is 82.9 Å². The van der Waals surface area contributed by atoms with Gasteiger partial charge in [-0.15, -0.1) is 0 Å². The summed E-state index contributed by atoms with van der Waals surface area (Å²) in [5, 5.41) is 4.07. The molecule has 21 heteroatoms. The van der Waals surface area contributed by atoms with Crippen molar-refractivity contribution >= 4 is 56.4 Å². The summed E-state index contributed by atoms with van der Waals surface area (Å²) in [6, 6.07) is 12.2. The van der Waals surface area contributed by atoms with Crippen molar-refractivity contribution in [1.82, 2.24) is 44.1 Å². The minimum atomic E-state index is -0.699. The van der Waals surface area contributed by atoms with Crippen LogP contribution in [0, 0.1) is 23.0 Å². The molecule has 0 radical (unpaired) electrons. The quantitative estimate of drug-likeness (QED) is 0.0766. The lowest BCUT2D eigenvalue weighted by Crippen LogP contribution is -2.65. The molecule has 14 rings (SSSR count). The SMILES string of the molecule is CCc1c(F)ccc2cc(OCOC)cc(-c3ncc4c(N5CCC[C@@]6(CCO6)C5)nc(OC[C@@]56CCCN5[C@H](COC(=O)N5CC7(CC(CN8CCC(c9ccc%10c(c9)n(C)c(=O)n%10C9CCC(=O)NC9=O)CC8)C7)C5)CC6)nc4c3F)c12. The van der Waals surface area contributed by atoms with Crippen molar-refractivity contribution in [3.8, 4) is 23.0 Å². The Morgan fingerprint density at radius 3 is 2.49 bits per heavy atom. The van der Waals surface area contributed by atoms with Gasteiger partial charge in [-0.2, -0.15) is 9.97 Å². The first-order valence-electron chi connectivity index (χ1n) is 30.4. The number of imidazole rings is 1. The number of amides is 3. The Morgan fingerprint density at radius 1 is 0.893 bits per heavy atom. The van der Waals surface area contributed by atoms with Gasteiger partial charge in [-0.25, -0.2) is 18.4 Å². The summed E-state index contributed by atoms with van der Waals surface area (Å²) in [7, 11) is 3.27. The smallest absolute Gasteiger partial charge is 0.409 e. The molecule has 3 aromatic carbocycles. The van der Waals surface area contributed by atoms with Crippen LogP contribution in [0.25, 0.3) is 44.0 Å². The summed E-state index contributed by atoms with van der Waals surface area (Å²) in [6.07, 6.45) is 12.9. The molecule has 1 unspecified atom stereocenters. The fraction of sp³-hybridized carbons (Fsp3) is 0.571. The first kappa shape index (κ1) is 55.1. The maximum absolute atomic E-state index is 17.6. The number of benzene rings is 3. The van der Waals surface area contributed by atoms with E-state index < -0.39 is 17.8 Å². The number of halogens is 2. The zero-order valence-electron chi connectivity index (χ0n) is 48.3. The van der Waals surface area contributed by atoms with Crippen molar-refractivity contribution in [3.05, 3.63) is 81.9 Å². The van der Waals surface area contributed by atoms with Crippen molar-refractivity contribution in [2.24, 2.45) is 18.4 Å². The summed E-state index contributed by atoms with van der Waals surface area (Å²) < 4.78 is 66.3. The number of aryl methyl sites for hydroxylation is 2. The lowest BCUT2D eigenvalue weighted by atomic mass is 9.57. The van der Waals surface area contributed by atoms with Crippen molar-refractivity contribution in [3.63, 3.8) is 0 Å². The van der Waals surface area contributed by atoms with Crippen LogP contribution in [0.4, 0.5) is 19.4 Å². The fourth-order valence-electron chi connectivity index (χ4n) is 16.1.